The van der Waals surface area contributed by atoms with E-state index in [4.69, 9.17) is 48.6 Å². The molecule has 1 saturated carbocycles. The van der Waals surface area contributed by atoms with Crippen LogP contribution in [0.25, 0.3) is 22.3 Å². The largest absolute Gasteiger partial charge is 0.438 e. The van der Waals surface area contributed by atoms with Crippen LogP contribution >= 0.6 is 26.8 Å². The standard InChI is InChI=1S/C24H36N5O7P.C21H30ClN4O7P/c1-23(2,3)21(30)33-15-35-37(32,36-16-34-22(31)24(4,5)6)12-8-7-11-29-14-27-18-19(28-17-9-10-17)25-13-26-20(18)29;1-20(2,3)18(27)30-13-32-34(29,33-14-31-19(28)21(4,5)6)10-8-7-9-26-12-25-15-16(22)23-11-24-17(15)26/h7-8,13-14,17H,9-12,15-16H2,1-6H3,(H,25,26,28);7-8,11-12H,9-10,13-14H2,1-6H3/b2*8-7+. The van der Waals surface area contributed by atoms with Crippen molar-refractivity contribution in [1.82, 2.24) is 39.0 Å². The van der Waals surface area contributed by atoms with Crippen LogP contribution in [0.4, 0.5) is 5.82 Å². The number of allylic oxidation sites excluding steroid dienone is 4. The summed E-state index contributed by atoms with van der Waals surface area (Å²) in [6.45, 7) is 18.7. The maximum Gasteiger partial charge on any atom is 0.340 e. The van der Waals surface area contributed by atoms with Gasteiger partial charge in [0.15, 0.2) is 22.3 Å². The lowest BCUT2D eigenvalue weighted by Gasteiger charge is -2.21. The molecular weight excluding hydrogens is 988 g/mol. The Morgan fingerprint density at radius 1 is 0.563 bits per heavy atom. The van der Waals surface area contributed by atoms with Crippen LogP contribution in [-0.2, 0) is 78.4 Å². The van der Waals surface area contributed by atoms with Gasteiger partial charge < -0.3 is 33.4 Å². The van der Waals surface area contributed by atoms with E-state index in [1.165, 1.54) is 12.7 Å². The highest BCUT2D eigenvalue weighted by atomic mass is 35.5. The van der Waals surface area contributed by atoms with E-state index in [1.54, 1.807) is 125 Å². The molecule has 1 fully saturated rings. The first-order chi connectivity index (χ1) is 33.0. The second-order valence-corrected chi connectivity index (χ2v) is 24.8. The lowest BCUT2D eigenvalue weighted by molar-refractivity contribution is -0.163. The number of halogens is 1. The van der Waals surface area contributed by atoms with Gasteiger partial charge in [-0.25, -0.2) is 29.9 Å². The third kappa shape index (κ3) is 19.1. The summed E-state index contributed by atoms with van der Waals surface area (Å²) in [6, 6.07) is 0.433. The topological polar surface area (TPSA) is 275 Å². The normalized spacial score (nSPS) is 13.9. The molecule has 4 heterocycles. The summed E-state index contributed by atoms with van der Waals surface area (Å²) in [7, 11) is -7.62. The van der Waals surface area contributed by atoms with Crippen LogP contribution in [0.1, 0.15) is 95.9 Å². The maximum atomic E-state index is 13.3. The molecule has 4 aromatic heterocycles. The van der Waals surface area contributed by atoms with E-state index in [-0.39, 0.29) is 17.5 Å². The quantitative estimate of drug-likeness (QED) is 0.0192. The minimum Gasteiger partial charge on any atom is -0.438 e. The highest BCUT2D eigenvalue weighted by Gasteiger charge is 2.31. The Bertz CT molecular complexity index is 2550. The molecule has 5 rings (SSSR count). The van der Waals surface area contributed by atoms with Crippen LogP contribution in [0.2, 0.25) is 5.15 Å². The number of hydrogen-bond acceptors (Lipinski definition) is 21. The molecule has 0 radical (unpaired) electrons. The summed E-state index contributed by atoms with van der Waals surface area (Å²) >= 11 is 6.00. The molecule has 0 aromatic carbocycles. The zero-order valence-corrected chi connectivity index (χ0v) is 44.9. The monoisotopic (exact) mass is 1050 g/mol. The number of carbonyl (C=O) groups is 4. The van der Waals surface area contributed by atoms with Crippen molar-refractivity contribution in [3.63, 3.8) is 0 Å². The Hall–Kier alpha value is -5.15. The average molecular weight is 1050 g/mol. The molecular formula is C45H66ClN9O14P2. The minimum absolute atomic E-state index is 0.136. The van der Waals surface area contributed by atoms with Crippen molar-refractivity contribution in [3.8, 4) is 0 Å². The van der Waals surface area contributed by atoms with Crippen LogP contribution in [0.3, 0.4) is 0 Å². The molecule has 23 nitrogen and oxygen atoms in total. The maximum absolute atomic E-state index is 13.3. The number of carbonyl (C=O) groups excluding carboxylic acids is 4. The molecule has 392 valence electrons. The smallest absolute Gasteiger partial charge is 0.340 e. The van der Waals surface area contributed by atoms with E-state index in [0.717, 1.165) is 12.8 Å². The molecule has 0 bridgehead atoms. The second kappa shape index (κ2) is 25.0. The van der Waals surface area contributed by atoms with Gasteiger partial charge in [0, 0.05) is 19.1 Å². The van der Waals surface area contributed by atoms with Gasteiger partial charge in [0.05, 0.1) is 46.6 Å². The molecule has 26 heteroatoms. The molecule has 0 amide bonds. The van der Waals surface area contributed by atoms with E-state index < -0.39 is 87.9 Å². The highest BCUT2D eigenvalue weighted by Crippen LogP contribution is 2.49. The number of aromatic nitrogens is 8. The van der Waals surface area contributed by atoms with Crippen molar-refractivity contribution in [2.75, 3.05) is 44.8 Å². The fourth-order valence-electron chi connectivity index (χ4n) is 5.10. The first kappa shape index (κ1) is 58.4. The predicted octanol–water partition coefficient (Wildman–Crippen LogP) is 8.63. The van der Waals surface area contributed by atoms with Crippen molar-refractivity contribution < 1.29 is 65.4 Å². The first-order valence-electron chi connectivity index (χ1n) is 22.5. The van der Waals surface area contributed by atoms with Crippen LogP contribution in [0.15, 0.2) is 49.6 Å². The van der Waals surface area contributed by atoms with Gasteiger partial charge in [-0.2, -0.15) is 0 Å². The molecule has 4 aromatic rings. The Kier molecular flexibility index (Phi) is 20.6. The molecule has 1 N–H and O–H groups in total. The average Bonchev–Trinajstić information content (AvgIpc) is 3.83. The van der Waals surface area contributed by atoms with Gasteiger partial charge in [0.25, 0.3) is 0 Å². The number of hydrogen-bond donors (Lipinski definition) is 1. The first-order valence-corrected chi connectivity index (χ1v) is 26.3. The van der Waals surface area contributed by atoms with E-state index in [1.807, 2.05) is 4.57 Å². The Morgan fingerprint density at radius 2 is 0.915 bits per heavy atom. The molecule has 1 aliphatic carbocycles. The third-order valence-corrected chi connectivity index (χ3v) is 13.1. The van der Waals surface area contributed by atoms with Gasteiger partial charge in [0.1, 0.15) is 23.7 Å². The molecule has 0 saturated heterocycles. The van der Waals surface area contributed by atoms with Gasteiger partial charge in [-0.1, -0.05) is 35.9 Å². The van der Waals surface area contributed by atoms with Crippen LogP contribution in [-0.4, -0.2) is 108 Å². The third-order valence-electron chi connectivity index (χ3n) is 9.48. The number of nitrogens with one attached hydrogen (secondary N) is 1. The molecule has 1 aliphatic rings. The Labute approximate surface area is 418 Å². The Balaban J connectivity index is 0.000000310. The number of esters is 4. The lowest BCUT2D eigenvalue weighted by Crippen LogP contribution is -2.25. The number of ether oxygens (including phenoxy) is 4. The SMILES string of the molecule is CC(C)(C)C(=O)OCOP(=O)(C/C=C/Cn1cnc2c(Cl)ncnc21)OCOC(=O)C(C)(C)C.CC(C)(C)C(=O)OCOP(=O)(C/C=C/Cn1cnc2c(NC3CC3)ncnc21)OCOC(=O)C(C)(C)C. The van der Waals surface area contributed by atoms with Crippen LogP contribution in [0.5, 0.6) is 0 Å². The number of fused-ring (bicyclic) bond motifs is 2. The minimum atomic E-state index is -3.81. The zero-order chi connectivity index (χ0) is 52.8. The number of imidazole rings is 2. The van der Waals surface area contributed by atoms with Gasteiger partial charge in [-0.05, 0) is 95.9 Å². The van der Waals surface area contributed by atoms with Crippen molar-refractivity contribution >= 4 is 78.8 Å². The molecule has 0 aliphatic heterocycles. The predicted molar refractivity (Wildman–Crippen MR) is 262 cm³/mol. The molecule has 0 spiro atoms. The summed E-state index contributed by atoms with van der Waals surface area (Å²) < 4.78 is 71.4. The highest BCUT2D eigenvalue weighted by molar-refractivity contribution is 7.54. The number of anilines is 1. The van der Waals surface area contributed by atoms with E-state index in [9.17, 15) is 28.3 Å². The van der Waals surface area contributed by atoms with Gasteiger partial charge in [-0.3, -0.25) is 46.4 Å². The molecule has 71 heavy (non-hydrogen) atoms. The molecule has 0 unspecified atom stereocenters. The van der Waals surface area contributed by atoms with Crippen LogP contribution < -0.4 is 5.32 Å². The Morgan fingerprint density at radius 3 is 1.28 bits per heavy atom. The van der Waals surface area contributed by atoms with Crippen molar-refractivity contribution in [1.29, 1.82) is 0 Å². The summed E-state index contributed by atoms with van der Waals surface area (Å²) in [5.74, 6) is -1.38. The van der Waals surface area contributed by atoms with Crippen molar-refractivity contribution in [2.45, 2.75) is 115 Å². The van der Waals surface area contributed by atoms with Gasteiger partial charge in [-0.15, -0.1) is 0 Å². The number of rotatable bonds is 22. The van der Waals surface area contributed by atoms with Gasteiger partial charge in [0.2, 0.25) is 27.2 Å². The van der Waals surface area contributed by atoms with Crippen molar-refractivity contribution in [2.24, 2.45) is 21.7 Å². The summed E-state index contributed by atoms with van der Waals surface area (Å²) in [4.78, 5) is 73.1. The van der Waals surface area contributed by atoms with Crippen LogP contribution in [0, 0.1) is 21.7 Å². The van der Waals surface area contributed by atoms with E-state index >= 15 is 0 Å². The molecule has 0 atom stereocenters. The van der Waals surface area contributed by atoms with Gasteiger partial charge >= 0.3 is 39.1 Å². The second-order valence-electron chi connectivity index (χ2n) is 20.2. The zero-order valence-electron chi connectivity index (χ0n) is 42.3. The summed E-state index contributed by atoms with van der Waals surface area (Å²) in [6.07, 6.45) is 14.6. The fraction of sp³-hybridized carbons (Fsp3) is 0.600. The van der Waals surface area contributed by atoms with Crippen molar-refractivity contribution in [3.05, 3.63) is 54.8 Å². The summed E-state index contributed by atoms with van der Waals surface area (Å²) in [5.41, 5.74) is -0.640. The summed E-state index contributed by atoms with van der Waals surface area (Å²) in [5, 5.41) is 3.59. The fourth-order valence-corrected chi connectivity index (χ4v) is 7.52. The van der Waals surface area contributed by atoms with E-state index in [2.05, 4.69) is 35.2 Å². The number of nitrogens with zero attached hydrogens (tertiary/aromatic N) is 8. The van der Waals surface area contributed by atoms with E-state index in [0.29, 0.717) is 47.3 Å². The lowest BCUT2D eigenvalue weighted by atomic mass is 9.98.